The number of amides is 1. The summed E-state index contributed by atoms with van der Waals surface area (Å²) >= 11 is 1.32. The van der Waals surface area contributed by atoms with Crippen LogP contribution in [0.2, 0.25) is 0 Å². The van der Waals surface area contributed by atoms with Crippen LogP contribution >= 0.6 is 11.8 Å². The summed E-state index contributed by atoms with van der Waals surface area (Å²) in [5, 5.41) is 11.6. The number of hydrogen-bond donors (Lipinski definition) is 0. The predicted molar refractivity (Wildman–Crippen MR) is 124 cm³/mol. The largest absolute Gasteiger partial charge is 0.545 e. The van der Waals surface area contributed by atoms with Crippen molar-refractivity contribution in [3.8, 4) is 11.3 Å². The first kappa shape index (κ1) is 21.6. The zero-order valence-electron chi connectivity index (χ0n) is 17.6. The molecule has 6 nitrogen and oxygen atoms in total. The van der Waals surface area contributed by atoms with Crippen molar-refractivity contribution in [1.82, 2.24) is 4.90 Å². The van der Waals surface area contributed by atoms with Crippen LogP contribution in [-0.2, 0) is 4.79 Å². The fraction of sp³-hybridized carbons (Fsp3) is 0.160. The second kappa shape index (κ2) is 9.28. The van der Waals surface area contributed by atoms with Crippen molar-refractivity contribution >= 4 is 40.6 Å². The van der Waals surface area contributed by atoms with Crippen molar-refractivity contribution in [1.29, 1.82) is 0 Å². The molecule has 0 saturated carbocycles. The molecule has 2 aromatic carbocycles. The Balaban J connectivity index is 1.60. The molecule has 1 aliphatic heterocycles. The minimum absolute atomic E-state index is 0.102. The molecule has 0 radical (unpaired) electrons. The first-order valence-electron chi connectivity index (χ1n) is 10.2. The Bertz CT molecular complexity index is 1190. The lowest BCUT2D eigenvalue weighted by Crippen LogP contribution is -2.32. The molecule has 2 heterocycles. The van der Waals surface area contributed by atoms with E-state index in [2.05, 4.69) is 18.8 Å². The van der Waals surface area contributed by atoms with Gasteiger partial charge in [0.2, 0.25) is 0 Å². The Hall–Kier alpha value is -3.58. The van der Waals surface area contributed by atoms with Gasteiger partial charge >= 0.3 is 0 Å². The molecule has 0 atom stereocenters. The Morgan fingerprint density at radius 3 is 2.47 bits per heavy atom. The molecule has 162 valence electrons. The lowest BCUT2D eigenvalue weighted by Gasteiger charge is -2.17. The first-order valence-corrected chi connectivity index (χ1v) is 11.0. The number of benzene rings is 2. The van der Waals surface area contributed by atoms with Crippen molar-refractivity contribution in [2.45, 2.75) is 13.8 Å². The number of rotatable bonds is 6. The van der Waals surface area contributed by atoms with E-state index in [4.69, 9.17) is 4.42 Å². The van der Waals surface area contributed by atoms with E-state index in [1.54, 1.807) is 35.2 Å². The second-order valence-corrected chi connectivity index (χ2v) is 8.73. The fourth-order valence-corrected chi connectivity index (χ4v) is 4.20. The summed E-state index contributed by atoms with van der Waals surface area (Å²) < 4.78 is 5.89. The second-order valence-electron chi connectivity index (χ2n) is 7.72. The molecule has 0 spiro atoms. The monoisotopic (exact) mass is 445 g/mol. The molecule has 7 heteroatoms. The SMILES string of the molecule is CC(C)CN1C(=O)C(=Cc2ccc(-c3ccc(C(=O)[O-])cc3)o2)SC1=Nc1ccccc1. The van der Waals surface area contributed by atoms with Gasteiger partial charge in [0.25, 0.3) is 5.91 Å². The van der Waals surface area contributed by atoms with Crippen molar-refractivity contribution in [2.24, 2.45) is 10.9 Å². The third kappa shape index (κ3) is 4.84. The number of carbonyl (C=O) groups excluding carboxylic acids is 2. The molecular weight excluding hydrogens is 424 g/mol. The molecule has 1 saturated heterocycles. The van der Waals surface area contributed by atoms with Gasteiger partial charge in [-0.2, -0.15) is 0 Å². The highest BCUT2D eigenvalue weighted by Crippen LogP contribution is 2.35. The summed E-state index contributed by atoms with van der Waals surface area (Å²) in [6, 6.07) is 19.4. The summed E-state index contributed by atoms with van der Waals surface area (Å²) in [4.78, 5) is 30.9. The predicted octanol–water partition coefficient (Wildman–Crippen LogP) is 4.57. The molecule has 1 fully saturated rings. The van der Waals surface area contributed by atoms with Crippen LogP contribution in [0.15, 0.2) is 81.0 Å². The van der Waals surface area contributed by atoms with E-state index in [0.717, 1.165) is 11.3 Å². The van der Waals surface area contributed by atoms with Crippen LogP contribution in [-0.4, -0.2) is 28.5 Å². The Kier molecular flexibility index (Phi) is 6.28. The Morgan fingerprint density at radius 2 is 1.81 bits per heavy atom. The number of aliphatic imine (C=N–C) groups is 1. The Morgan fingerprint density at radius 1 is 1.09 bits per heavy atom. The lowest BCUT2D eigenvalue weighted by molar-refractivity contribution is -0.255. The molecule has 1 amide bonds. The highest BCUT2D eigenvalue weighted by atomic mass is 32.2. The van der Waals surface area contributed by atoms with Gasteiger partial charge in [0.05, 0.1) is 16.6 Å². The van der Waals surface area contributed by atoms with Gasteiger partial charge < -0.3 is 14.3 Å². The number of hydrogen-bond acceptors (Lipinski definition) is 6. The smallest absolute Gasteiger partial charge is 0.266 e. The molecule has 32 heavy (non-hydrogen) atoms. The minimum Gasteiger partial charge on any atom is -0.545 e. The van der Waals surface area contributed by atoms with Gasteiger partial charge in [-0.05, 0) is 47.5 Å². The van der Waals surface area contributed by atoms with Crippen LogP contribution in [0.4, 0.5) is 5.69 Å². The molecular formula is C25H21N2O4S-. The quantitative estimate of drug-likeness (QED) is 0.519. The number of aromatic carboxylic acids is 1. The molecule has 1 aromatic heterocycles. The molecule has 3 aromatic rings. The van der Waals surface area contributed by atoms with Crippen LogP contribution in [0.5, 0.6) is 0 Å². The summed E-state index contributed by atoms with van der Waals surface area (Å²) in [7, 11) is 0. The average Bonchev–Trinajstić information content (AvgIpc) is 3.35. The van der Waals surface area contributed by atoms with Gasteiger partial charge in [-0.25, -0.2) is 4.99 Å². The van der Waals surface area contributed by atoms with E-state index in [-0.39, 0.29) is 11.5 Å². The van der Waals surface area contributed by atoms with E-state index in [1.807, 2.05) is 30.3 Å². The minimum atomic E-state index is -1.22. The molecule has 4 rings (SSSR count). The molecule has 0 aliphatic carbocycles. The van der Waals surface area contributed by atoms with Gasteiger partial charge in [0.15, 0.2) is 5.17 Å². The topological polar surface area (TPSA) is 85.9 Å². The van der Waals surface area contributed by atoms with Gasteiger partial charge in [-0.15, -0.1) is 0 Å². The number of carbonyl (C=O) groups is 2. The zero-order chi connectivity index (χ0) is 22.7. The van der Waals surface area contributed by atoms with Crippen molar-refractivity contribution in [3.63, 3.8) is 0 Å². The maximum atomic E-state index is 13.1. The number of nitrogens with zero attached hydrogens (tertiary/aromatic N) is 2. The standard InChI is InChI=1S/C25H22N2O4S/c1-16(2)15-27-23(28)22(32-25(27)26-19-6-4-3-5-7-19)14-20-12-13-21(31-20)17-8-10-18(11-9-17)24(29)30/h3-14,16H,15H2,1-2H3,(H,29,30)/p-1. The van der Waals surface area contributed by atoms with Crippen LogP contribution in [0.25, 0.3) is 17.4 Å². The number of amidine groups is 1. The molecule has 0 unspecified atom stereocenters. The highest BCUT2D eigenvalue weighted by molar-refractivity contribution is 8.18. The summed E-state index contributed by atoms with van der Waals surface area (Å²) in [5.41, 5.74) is 1.63. The van der Waals surface area contributed by atoms with Gasteiger partial charge in [0, 0.05) is 18.2 Å². The van der Waals surface area contributed by atoms with Crippen LogP contribution in [0.1, 0.15) is 30.0 Å². The van der Waals surface area contributed by atoms with E-state index in [9.17, 15) is 14.7 Å². The van der Waals surface area contributed by atoms with Crippen molar-refractivity contribution in [3.05, 3.63) is 83.0 Å². The van der Waals surface area contributed by atoms with E-state index < -0.39 is 5.97 Å². The van der Waals surface area contributed by atoms with Gasteiger partial charge in [-0.3, -0.25) is 9.69 Å². The highest BCUT2D eigenvalue weighted by Gasteiger charge is 2.34. The van der Waals surface area contributed by atoms with Crippen LogP contribution in [0, 0.1) is 5.92 Å². The number of carboxylic acid groups (broad SMARTS) is 1. The average molecular weight is 446 g/mol. The van der Waals surface area contributed by atoms with E-state index >= 15 is 0 Å². The maximum Gasteiger partial charge on any atom is 0.266 e. The van der Waals surface area contributed by atoms with Crippen molar-refractivity contribution in [2.75, 3.05) is 6.54 Å². The first-order chi connectivity index (χ1) is 15.4. The van der Waals surface area contributed by atoms with Crippen LogP contribution in [0.3, 0.4) is 0 Å². The number of para-hydroxylation sites is 1. The van der Waals surface area contributed by atoms with Gasteiger partial charge in [0.1, 0.15) is 11.5 Å². The lowest BCUT2D eigenvalue weighted by atomic mass is 10.1. The zero-order valence-corrected chi connectivity index (χ0v) is 18.5. The van der Waals surface area contributed by atoms with E-state index in [1.165, 1.54) is 23.9 Å². The fourth-order valence-electron chi connectivity index (χ4n) is 3.22. The summed E-state index contributed by atoms with van der Waals surface area (Å²) in [5.74, 6) is 0.0745. The number of carboxylic acids is 1. The summed E-state index contributed by atoms with van der Waals surface area (Å²) in [6.07, 6.45) is 1.72. The van der Waals surface area contributed by atoms with Crippen LogP contribution < -0.4 is 5.11 Å². The van der Waals surface area contributed by atoms with E-state index in [0.29, 0.717) is 34.1 Å². The summed E-state index contributed by atoms with van der Waals surface area (Å²) in [6.45, 7) is 4.69. The maximum absolute atomic E-state index is 13.1. The molecule has 0 N–H and O–H groups in total. The third-order valence-electron chi connectivity index (χ3n) is 4.72. The number of furan rings is 1. The van der Waals surface area contributed by atoms with Gasteiger partial charge in [-0.1, -0.05) is 56.3 Å². The molecule has 1 aliphatic rings. The van der Waals surface area contributed by atoms with Crippen molar-refractivity contribution < 1.29 is 19.1 Å². The third-order valence-corrected chi connectivity index (χ3v) is 5.73. The number of thioether (sulfide) groups is 1. The Labute approximate surface area is 190 Å². The molecule has 0 bridgehead atoms. The normalized spacial score (nSPS) is 16.5.